The largest absolute Gasteiger partial charge is 0.491 e. The van der Waals surface area contributed by atoms with E-state index in [0.717, 1.165) is 12.1 Å². The van der Waals surface area contributed by atoms with E-state index in [-0.39, 0.29) is 22.2 Å². The molecule has 0 saturated carbocycles. The summed E-state index contributed by atoms with van der Waals surface area (Å²) in [5, 5.41) is 0.0706. The zero-order chi connectivity index (χ0) is 12.4. The van der Waals surface area contributed by atoms with Crippen LogP contribution in [0.25, 0.3) is 11.3 Å². The van der Waals surface area contributed by atoms with Gasteiger partial charge in [-0.3, -0.25) is 0 Å². The van der Waals surface area contributed by atoms with Gasteiger partial charge in [0, 0.05) is 11.6 Å². The topological polar surface area (TPSA) is 35.0 Å². The SMILES string of the molecule is COc1c(Cl)ncnc1-c1ccc(F)cc1F. The van der Waals surface area contributed by atoms with Crippen molar-refractivity contribution < 1.29 is 13.5 Å². The van der Waals surface area contributed by atoms with Crippen molar-refractivity contribution in [3.05, 3.63) is 41.3 Å². The quantitative estimate of drug-likeness (QED) is 0.775. The Kier molecular flexibility index (Phi) is 3.19. The molecular weight excluding hydrogens is 250 g/mol. The van der Waals surface area contributed by atoms with Crippen LogP contribution in [0.1, 0.15) is 0 Å². The van der Waals surface area contributed by atoms with Gasteiger partial charge in [-0.15, -0.1) is 0 Å². The van der Waals surface area contributed by atoms with Crippen LogP contribution in [0.15, 0.2) is 24.5 Å². The number of rotatable bonds is 2. The molecule has 0 saturated heterocycles. The van der Waals surface area contributed by atoms with E-state index >= 15 is 0 Å². The van der Waals surface area contributed by atoms with Crippen molar-refractivity contribution in [2.24, 2.45) is 0 Å². The first-order chi connectivity index (χ1) is 8.13. The summed E-state index contributed by atoms with van der Waals surface area (Å²) in [4.78, 5) is 7.60. The Balaban J connectivity index is 2.64. The molecule has 88 valence electrons. The molecule has 0 bridgehead atoms. The number of hydrogen-bond donors (Lipinski definition) is 0. The van der Waals surface area contributed by atoms with Crippen molar-refractivity contribution in [1.29, 1.82) is 0 Å². The number of hydrogen-bond acceptors (Lipinski definition) is 3. The lowest BCUT2D eigenvalue weighted by Gasteiger charge is -2.08. The third-order valence-corrected chi connectivity index (χ3v) is 2.42. The van der Waals surface area contributed by atoms with Gasteiger partial charge in [0.05, 0.1) is 7.11 Å². The number of halogens is 3. The average molecular weight is 257 g/mol. The fourth-order valence-corrected chi connectivity index (χ4v) is 1.62. The molecule has 1 heterocycles. The minimum Gasteiger partial charge on any atom is -0.491 e. The summed E-state index contributed by atoms with van der Waals surface area (Å²) in [6.45, 7) is 0. The standard InChI is InChI=1S/C11H7ClF2N2O/c1-17-10-9(15-5-16-11(10)12)7-3-2-6(13)4-8(7)14/h2-5H,1H3. The summed E-state index contributed by atoms with van der Waals surface area (Å²) >= 11 is 5.79. The molecule has 0 N–H and O–H groups in total. The Labute approximate surface area is 101 Å². The van der Waals surface area contributed by atoms with Crippen LogP contribution in [0.3, 0.4) is 0 Å². The van der Waals surface area contributed by atoms with Crippen molar-refractivity contribution in [2.75, 3.05) is 7.11 Å². The van der Waals surface area contributed by atoms with Gasteiger partial charge >= 0.3 is 0 Å². The van der Waals surface area contributed by atoms with E-state index in [1.54, 1.807) is 0 Å². The Bertz CT molecular complexity index is 563. The van der Waals surface area contributed by atoms with Crippen LogP contribution in [-0.4, -0.2) is 17.1 Å². The van der Waals surface area contributed by atoms with Crippen LogP contribution in [0.2, 0.25) is 5.15 Å². The first-order valence-corrected chi connectivity index (χ1v) is 5.01. The molecule has 17 heavy (non-hydrogen) atoms. The first kappa shape index (κ1) is 11.7. The van der Waals surface area contributed by atoms with Crippen LogP contribution in [0, 0.1) is 11.6 Å². The van der Waals surface area contributed by atoms with Gasteiger partial charge in [-0.1, -0.05) is 11.6 Å². The lowest BCUT2D eigenvalue weighted by molar-refractivity contribution is 0.412. The third-order valence-electron chi connectivity index (χ3n) is 2.15. The summed E-state index contributed by atoms with van der Waals surface area (Å²) in [6, 6.07) is 3.17. The Morgan fingerprint density at radius 1 is 1.24 bits per heavy atom. The maximum absolute atomic E-state index is 13.6. The van der Waals surface area contributed by atoms with E-state index in [1.165, 1.54) is 19.5 Å². The summed E-state index contributed by atoms with van der Waals surface area (Å²) in [5.41, 5.74) is 0.289. The molecule has 0 spiro atoms. The van der Waals surface area contributed by atoms with Crippen LogP contribution >= 0.6 is 11.6 Å². The predicted molar refractivity (Wildman–Crippen MR) is 58.9 cm³/mol. The lowest BCUT2D eigenvalue weighted by Crippen LogP contribution is -1.96. The molecule has 6 heteroatoms. The highest BCUT2D eigenvalue weighted by atomic mass is 35.5. The third kappa shape index (κ3) is 2.19. The van der Waals surface area contributed by atoms with Gasteiger partial charge in [0.2, 0.25) is 0 Å². The van der Waals surface area contributed by atoms with E-state index in [2.05, 4.69) is 9.97 Å². The van der Waals surface area contributed by atoms with Gasteiger partial charge < -0.3 is 4.74 Å². The van der Waals surface area contributed by atoms with E-state index in [9.17, 15) is 8.78 Å². The maximum Gasteiger partial charge on any atom is 0.182 e. The van der Waals surface area contributed by atoms with Crippen molar-refractivity contribution in [1.82, 2.24) is 9.97 Å². The van der Waals surface area contributed by atoms with Crippen molar-refractivity contribution in [3.8, 4) is 17.0 Å². The summed E-state index contributed by atoms with van der Waals surface area (Å²) in [7, 11) is 1.37. The fraction of sp³-hybridized carbons (Fsp3) is 0.0909. The number of benzene rings is 1. The van der Waals surface area contributed by atoms with E-state index in [4.69, 9.17) is 16.3 Å². The predicted octanol–water partition coefficient (Wildman–Crippen LogP) is 3.08. The molecule has 0 atom stereocenters. The normalized spacial score (nSPS) is 10.4. The molecule has 0 radical (unpaired) electrons. The molecular formula is C11H7ClF2N2O. The molecule has 0 aliphatic heterocycles. The molecule has 2 rings (SSSR count). The summed E-state index contributed by atoms with van der Waals surface area (Å²) < 4.78 is 31.4. The van der Waals surface area contributed by atoms with Crippen LogP contribution in [-0.2, 0) is 0 Å². The first-order valence-electron chi connectivity index (χ1n) is 4.63. The molecule has 0 aliphatic carbocycles. The van der Waals surface area contributed by atoms with Crippen molar-refractivity contribution >= 4 is 11.6 Å². The number of methoxy groups -OCH3 is 1. The van der Waals surface area contributed by atoms with Crippen LogP contribution in [0.4, 0.5) is 8.78 Å². The molecule has 1 aromatic carbocycles. The van der Waals surface area contributed by atoms with Gasteiger partial charge in [-0.05, 0) is 12.1 Å². The minimum atomic E-state index is -0.738. The van der Waals surface area contributed by atoms with Crippen LogP contribution < -0.4 is 4.74 Å². The van der Waals surface area contributed by atoms with Gasteiger partial charge in [0.1, 0.15) is 23.7 Å². The van der Waals surface area contributed by atoms with Gasteiger partial charge in [-0.2, -0.15) is 0 Å². The highest BCUT2D eigenvalue weighted by Crippen LogP contribution is 2.33. The molecule has 0 unspecified atom stereocenters. The summed E-state index contributed by atoms with van der Waals surface area (Å²) in [5.74, 6) is -1.25. The number of nitrogens with zero attached hydrogens (tertiary/aromatic N) is 2. The number of ether oxygens (including phenoxy) is 1. The lowest BCUT2D eigenvalue weighted by atomic mass is 10.1. The Morgan fingerprint density at radius 2 is 2.00 bits per heavy atom. The zero-order valence-corrected chi connectivity index (χ0v) is 9.50. The van der Waals surface area contributed by atoms with E-state index < -0.39 is 11.6 Å². The highest BCUT2D eigenvalue weighted by Gasteiger charge is 2.16. The van der Waals surface area contributed by atoms with Crippen molar-refractivity contribution in [2.45, 2.75) is 0 Å². The summed E-state index contributed by atoms with van der Waals surface area (Å²) in [6.07, 6.45) is 1.18. The molecule has 2 aromatic rings. The second-order valence-corrected chi connectivity index (χ2v) is 3.53. The molecule has 1 aromatic heterocycles. The maximum atomic E-state index is 13.6. The van der Waals surface area contributed by atoms with Gasteiger partial charge in [0.25, 0.3) is 0 Å². The van der Waals surface area contributed by atoms with Crippen LogP contribution in [0.5, 0.6) is 5.75 Å². The average Bonchev–Trinajstić information content (AvgIpc) is 2.29. The molecule has 0 aliphatic rings. The Morgan fingerprint density at radius 3 is 2.65 bits per heavy atom. The number of aromatic nitrogens is 2. The second-order valence-electron chi connectivity index (χ2n) is 3.17. The molecule has 3 nitrogen and oxygen atoms in total. The van der Waals surface area contributed by atoms with Gasteiger partial charge in [0.15, 0.2) is 10.9 Å². The van der Waals surface area contributed by atoms with Gasteiger partial charge in [-0.25, -0.2) is 18.7 Å². The molecule has 0 amide bonds. The second kappa shape index (κ2) is 4.63. The highest BCUT2D eigenvalue weighted by molar-refractivity contribution is 6.31. The fourth-order valence-electron chi connectivity index (χ4n) is 1.41. The molecule has 0 fully saturated rings. The minimum absolute atomic E-state index is 0.0706. The van der Waals surface area contributed by atoms with Crippen molar-refractivity contribution in [3.63, 3.8) is 0 Å². The van der Waals surface area contributed by atoms with E-state index in [0.29, 0.717) is 0 Å². The smallest absolute Gasteiger partial charge is 0.182 e. The monoisotopic (exact) mass is 256 g/mol. The Hall–Kier alpha value is -1.75. The van der Waals surface area contributed by atoms with E-state index in [1.807, 2.05) is 0 Å². The zero-order valence-electron chi connectivity index (χ0n) is 8.75.